The van der Waals surface area contributed by atoms with Crippen molar-refractivity contribution in [2.45, 2.75) is 51.3 Å². The molecule has 9 heteroatoms. The van der Waals surface area contributed by atoms with Crippen molar-refractivity contribution in [3.8, 4) is 6.07 Å². The number of hydrogen-bond donors (Lipinski definition) is 3. The standard InChI is InChI=1S/C19H24N4O5/c1-19(2,3)28-18(27)23-9-8-14(10-15(23)16(24)25)22-17(26)21-13-6-4-12(11-20)5-7-13/h4-7,14-15H,8-10H2,1-3H3,(H,24,25)(H2,21,22,26)/t14-,15-/m1/s1. The molecule has 0 unspecified atom stereocenters. The van der Waals surface area contributed by atoms with Gasteiger partial charge in [0.25, 0.3) is 0 Å². The zero-order chi connectivity index (χ0) is 20.9. The number of piperidine rings is 1. The second-order valence-electron chi connectivity index (χ2n) is 7.54. The van der Waals surface area contributed by atoms with Crippen molar-refractivity contribution in [2.75, 3.05) is 11.9 Å². The van der Waals surface area contributed by atoms with Crippen LogP contribution in [0.3, 0.4) is 0 Å². The number of hydrogen-bond acceptors (Lipinski definition) is 5. The van der Waals surface area contributed by atoms with E-state index in [2.05, 4.69) is 10.6 Å². The summed E-state index contributed by atoms with van der Waals surface area (Å²) >= 11 is 0. The van der Waals surface area contributed by atoms with Gasteiger partial charge in [-0.25, -0.2) is 14.4 Å². The Hall–Kier alpha value is -3.28. The first-order valence-electron chi connectivity index (χ1n) is 8.89. The monoisotopic (exact) mass is 388 g/mol. The maximum Gasteiger partial charge on any atom is 0.411 e. The van der Waals surface area contributed by atoms with E-state index in [-0.39, 0.29) is 13.0 Å². The predicted octanol–water partition coefficient (Wildman–Crippen LogP) is 2.53. The first-order chi connectivity index (χ1) is 13.1. The van der Waals surface area contributed by atoms with Crippen LogP contribution in [0.2, 0.25) is 0 Å². The SMILES string of the molecule is CC(C)(C)OC(=O)N1CC[C@@H](NC(=O)Nc2ccc(C#N)cc2)C[C@@H]1C(=O)O. The lowest BCUT2D eigenvalue weighted by Gasteiger charge is -2.38. The fourth-order valence-electron chi connectivity index (χ4n) is 2.85. The number of nitrogens with zero attached hydrogens (tertiary/aromatic N) is 2. The third kappa shape index (κ3) is 5.87. The summed E-state index contributed by atoms with van der Waals surface area (Å²) in [5.41, 5.74) is 0.262. The number of carbonyl (C=O) groups is 3. The lowest BCUT2D eigenvalue weighted by Crippen LogP contribution is -2.56. The molecular formula is C19H24N4O5. The van der Waals surface area contributed by atoms with E-state index in [4.69, 9.17) is 10.00 Å². The van der Waals surface area contributed by atoms with Gasteiger partial charge in [-0.05, 0) is 57.9 Å². The topological polar surface area (TPSA) is 132 Å². The van der Waals surface area contributed by atoms with Crippen LogP contribution in [0.5, 0.6) is 0 Å². The fraction of sp³-hybridized carbons (Fsp3) is 0.474. The number of ether oxygens (including phenoxy) is 1. The molecule has 1 saturated heterocycles. The average Bonchev–Trinajstić information content (AvgIpc) is 2.60. The third-order valence-corrected chi connectivity index (χ3v) is 4.12. The van der Waals surface area contributed by atoms with Crippen molar-refractivity contribution in [3.63, 3.8) is 0 Å². The van der Waals surface area contributed by atoms with Crippen molar-refractivity contribution in [1.82, 2.24) is 10.2 Å². The fourth-order valence-corrected chi connectivity index (χ4v) is 2.85. The zero-order valence-electron chi connectivity index (χ0n) is 16.1. The Morgan fingerprint density at radius 2 is 1.89 bits per heavy atom. The summed E-state index contributed by atoms with van der Waals surface area (Å²) in [6.45, 7) is 5.29. The number of urea groups is 1. The largest absolute Gasteiger partial charge is 0.480 e. The summed E-state index contributed by atoms with van der Waals surface area (Å²) in [4.78, 5) is 37.2. The first kappa shape index (κ1) is 21.0. The van der Waals surface area contributed by atoms with Gasteiger partial charge in [-0.1, -0.05) is 0 Å². The van der Waals surface area contributed by atoms with Gasteiger partial charge in [-0.2, -0.15) is 5.26 Å². The summed E-state index contributed by atoms with van der Waals surface area (Å²) in [5.74, 6) is -1.15. The van der Waals surface area contributed by atoms with Crippen LogP contribution in [0.15, 0.2) is 24.3 Å². The molecule has 1 aliphatic rings. The van der Waals surface area contributed by atoms with E-state index in [0.29, 0.717) is 17.7 Å². The van der Waals surface area contributed by atoms with Crippen molar-refractivity contribution >= 4 is 23.8 Å². The molecule has 1 aromatic rings. The number of rotatable bonds is 3. The Kier molecular flexibility index (Phi) is 6.46. The van der Waals surface area contributed by atoms with Crippen LogP contribution in [-0.2, 0) is 9.53 Å². The molecule has 0 aliphatic carbocycles. The van der Waals surface area contributed by atoms with E-state index in [1.165, 1.54) is 4.90 Å². The van der Waals surface area contributed by atoms with Gasteiger partial charge < -0.3 is 20.5 Å². The number of carboxylic acids is 1. The molecule has 9 nitrogen and oxygen atoms in total. The summed E-state index contributed by atoms with van der Waals surface area (Å²) < 4.78 is 5.27. The molecule has 0 saturated carbocycles. The summed E-state index contributed by atoms with van der Waals surface area (Å²) in [6, 6.07) is 6.38. The number of anilines is 1. The van der Waals surface area contributed by atoms with Crippen LogP contribution >= 0.6 is 0 Å². The first-order valence-corrected chi connectivity index (χ1v) is 8.89. The molecule has 3 amide bonds. The van der Waals surface area contributed by atoms with Crippen molar-refractivity contribution < 1.29 is 24.2 Å². The van der Waals surface area contributed by atoms with E-state index < -0.39 is 35.8 Å². The zero-order valence-corrected chi connectivity index (χ0v) is 16.1. The molecule has 28 heavy (non-hydrogen) atoms. The summed E-state index contributed by atoms with van der Waals surface area (Å²) in [5, 5.41) is 23.6. The average molecular weight is 388 g/mol. The highest BCUT2D eigenvalue weighted by Gasteiger charge is 2.38. The maximum absolute atomic E-state index is 12.3. The van der Waals surface area contributed by atoms with Crippen LogP contribution in [0.1, 0.15) is 39.2 Å². The maximum atomic E-state index is 12.3. The molecule has 0 bridgehead atoms. The quantitative estimate of drug-likeness (QED) is 0.729. The molecule has 0 aromatic heterocycles. The van der Waals surface area contributed by atoms with Crippen molar-refractivity contribution in [2.24, 2.45) is 0 Å². The number of nitriles is 1. The van der Waals surface area contributed by atoms with E-state index in [1.54, 1.807) is 45.0 Å². The van der Waals surface area contributed by atoms with Crippen LogP contribution in [0.4, 0.5) is 15.3 Å². The highest BCUT2D eigenvalue weighted by atomic mass is 16.6. The predicted molar refractivity (Wildman–Crippen MR) is 101 cm³/mol. The number of amides is 3. The minimum atomic E-state index is -1.15. The second-order valence-corrected chi connectivity index (χ2v) is 7.54. The smallest absolute Gasteiger partial charge is 0.411 e. The van der Waals surface area contributed by atoms with E-state index in [9.17, 15) is 19.5 Å². The minimum absolute atomic E-state index is 0.0787. The molecule has 150 valence electrons. The number of aliphatic carboxylic acids is 1. The van der Waals surface area contributed by atoms with Gasteiger partial charge in [0, 0.05) is 18.3 Å². The molecule has 1 heterocycles. The molecule has 2 rings (SSSR count). The van der Waals surface area contributed by atoms with Crippen LogP contribution in [0, 0.1) is 11.3 Å². The van der Waals surface area contributed by atoms with Crippen molar-refractivity contribution in [3.05, 3.63) is 29.8 Å². The van der Waals surface area contributed by atoms with Gasteiger partial charge in [-0.3, -0.25) is 4.90 Å². The van der Waals surface area contributed by atoms with Gasteiger partial charge in [0.15, 0.2) is 0 Å². The molecule has 3 N–H and O–H groups in total. The molecule has 0 radical (unpaired) electrons. The number of nitrogens with one attached hydrogen (secondary N) is 2. The van der Waals surface area contributed by atoms with E-state index >= 15 is 0 Å². The second kappa shape index (κ2) is 8.61. The third-order valence-electron chi connectivity index (χ3n) is 4.12. The summed E-state index contributed by atoms with van der Waals surface area (Å²) in [6.07, 6.45) is -0.195. The lowest BCUT2D eigenvalue weighted by atomic mass is 9.97. The molecule has 0 spiro atoms. The Morgan fingerprint density at radius 3 is 2.43 bits per heavy atom. The molecule has 1 fully saturated rings. The number of carbonyl (C=O) groups excluding carboxylic acids is 2. The van der Waals surface area contributed by atoms with Crippen molar-refractivity contribution in [1.29, 1.82) is 5.26 Å². The van der Waals surface area contributed by atoms with Gasteiger partial charge in [0.2, 0.25) is 0 Å². The Balaban J connectivity index is 1.95. The Labute approximate surface area is 163 Å². The van der Waals surface area contributed by atoms with E-state index in [1.807, 2.05) is 6.07 Å². The Morgan fingerprint density at radius 1 is 1.25 bits per heavy atom. The molecule has 1 aromatic carbocycles. The van der Waals surface area contributed by atoms with Gasteiger partial charge in [0.1, 0.15) is 11.6 Å². The molecule has 1 aliphatic heterocycles. The number of benzene rings is 1. The lowest BCUT2D eigenvalue weighted by molar-refractivity contribution is -0.144. The number of carboxylic acid groups (broad SMARTS) is 1. The highest BCUT2D eigenvalue weighted by molar-refractivity contribution is 5.89. The Bertz CT molecular complexity index is 779. The summed E-state index contributed by atoms with van der Waals surface area (Å²) in [7, 11) is 0. The molecule has 2 atom stereocenters. The van der Waals surface area contributed by atoms with Crippen LogP contribution < -0.4 is 10.6 Å². The minimum Gasteiger partial charge on any atom is -0.480 e. The van der Waals surface area contributed by atoms with Gasteiger partial charge >= 0.3 is 18.1 Å². The molecular weight excluding hydrogens is 364 g/mol. The van der Waals surface area contributed by atoms with Gasteiger partial charge in [0.05, 0.1) is 11.6 Å². The van der Waals surface area contributed by atoms with E-state index in [0.717, 1.165) is 0 Å². The van der Waals surface area contributed by atoms with Crippen LogP contribution in [0.25, 0.3) is 0 Å². The number of likely N-dealkylation sites (tertiary alicyclic amines) is 1. The normalized spacial score (nSPS) is 19.3. The highest BCUT2D eigenvalue weighted by Crippen LogP contribution is 2.21. The van der Waals surface area contributed by atoms with Gasteiger partial charge in [-0.15, -0.1) is 0 Å². The van der Waals surface area contributed by atoms with Crippen LogP contribution in [-0.4, -0.2) is 52.3 Å².